The van der Waals surface area contributed by atoms with Crippen molar-refractivity contribution in [1.29, 1.82) is 0 Å². The molecule has 8 nitrogen and oxygen atoms in total. The topological polar surface area (TPSA) is 129 Å². The van der Waals surface area contributed by atoms with Gasteiger partial charge in [0.25, 0.3) is 0 Å². The number of aliphatic hydroxyl groups is 2. The van der Waals surface area contributed by atoms with Gasteiger partial charge in [0, 0.05) is 12.5 Å². The number of aliphatic hydroxyl groups excluding tert-OH is 2. The van der Waals surface area contributed by atoms with E-state index in [-0.39, 0.29) is 31.2 Å². The standard InChI is InChI=1S/C25H23FN2O6/c26-20-12-28-21(11-18(20)24(31)32)23(30)22(29)9-10-27-25(33)34-13-19-16-7-3-1-5-14(16)15-6-2-4-8-17(15)19/h1-8,11-12,19,22-23,29-30H,9-10,13H2,(H,27,33)(H,31,32). The summed E-state index contributed by atoms with van der Waals surface area (Å²) in [5.41, 5.74) is 3.56. The molecular weight excluding hydrogens is 443 g/mol. The minimum atomic E-state index is -1.55. The number of carboxylic acids is 1. The van der Waals surface area contributed by atoms with Crippen LogP contribution in [-0.4, -0.2) is 51.6 Å². The van der Waals surface area contributed by atoms with Crippen molar-refractivity contribution < 1.29 is 34.0 Å². The predicted molar refractivity (Wildman–Crippen MR) is 120 cm³/mol. The molecule has 0 aliphatic heterocycles. The van der Waals surface area contributed by atoms with Crippen molar-refractivity contribution in [2.75, 3.05) is 13.2 Å². The van der Waals surface area contributed by atoms with E-state index >= 15 is 0 Å². The number of aromatic carboxylic acids is 1. The van der Waals surface area contributed by atoms with Crippen molar-refractivity contribution in [2.45, 2.75) is 24.5 Å². The average molecular weight is 466 g/mol. The smallest absolute Gasteiger partial charge is 0.407 e. The van der Waals surface area contributed by atoms with Gasteiger partial charge in [-0.3, -0.25) is 4.98 Å². The third-order valence-electron chi connectivity index (χ3n) is 5.83. The number of carbonyl (C=O) groups excluding carboxylic acids is 1. The summed E-state index contributed by atoms with van der Waals surface area (Å²) in [6.07, 6.45) is -2.98. The molecule has 0 fully saturated rings. The van der Waals surface area contributed by atoms with Crippen molar-refractivity contribution in [3.8, 4) is 11.1 Å². The second kappa shape index (κ2) is 9.98. The van der Waals surface area contributed by atoms with Gasteiger partial charge in [-0.1, -0.05) is 48.5 Å². The lowest BCUT2D eigenvalue weighted by Crippen LogP contribution is -2.31. The summed E-state index contributed by atoms with van der Waals surface area (Å²) in [6.45, 7) is 0.129. The second-order valence-corrected chi connectivity index (χ2v) is 7.95. The second-order valence-electron chi connectivity index (χ2n) is 7.95. The third-order valence-corrected chi connectivity index (χ3v) is 5.83. The Morgan fingerprint density at radius 3 is 2.29 bits per heavy atom. The first-order chi connectivity index (χ1) is 16.4. The fraction of sp³-hybridized carbons (Fsp3) is 0.240. The Bertz CT molecular complexity index is 1170. The number of rotatable bonds is 8. The number of pyridine rings is 1. The number of hydrogen-bond acceptors (Lipinski definition) is 6. The van der Waals surface area contributed by atoms with Crippen LogP contribution in [0.1, 0.15) is 45.6 Å². The van der Waals surface area contributed by atoms with Crippen LogP contribution in [0.15, 0.2) is 60.8 Å². The molecule has 1 aliphatic carbocycles. The SMILES string of the molecule is O=C(NCCC(O)C(O)c1cc(C(=O)O)c(F)cn1)OCC1c2ccccc2-c2ccccc21. The Morgan fingerprint density at radius 2 is 1.68 bits per heavy atom. The predicted octanol–water partition coefficient (Wildman–Crippen LogP) is 3.24. The van der Waals surface area contributed by atoms with E-state index in [4.69, 9.17) is 9.84 Å². The number of amides is 1. The summed E-state index contributed by atoms with van der Waals surface area (Å²) in [5.74, 6) is -2.65. The molecule has 1 amide bonds. The Balaban J connectivity index is 1.29. The van der Waals surface area contributed by atoms with Crippen LogP contribution in [0.4, 0.5) is 9.18 Å². The molecule has 1 heterocycles. The van der Waals surface area contributed by atoms with Crippen LogP contribution in [0.25, 0.3) is 11.1 Å². The molecule has 9 heteroatoms. The molecule has 0 saturated carbocycles. The first-order valence-electron chi connectivity index (χ1n) is 10.7. The summed E-state index contributed by atoms with van der Waals surface area (Å²) >= 11 is 0. The number of aromatic nitrogens is 1. The van der Waals surface area contributed by atoms with Crippen molar-refractivity contribution >= 4 is 12.1 Å². The first kappa shape index (κ1) is 23.3. The number of nitrogens with zero attached hydrogens (tertiary/aromatic N) is 1. The van der Waals surface area contributed by atoms with Gasteiger partial charge < -0.3 is 25.4 Å². The van der Waals surface area contributed by atoms with Gasteiger partial charge in [-0.15, -0.1) is 0 Å². The molecule has 3 aromatic rings. The molecule has 1 aromatic heterocycles. The fourth-order valence-corrected chi connectivity index (χ4v) is 4.11. The molecule has 0 radical (unpaired) electrons. The zero-order chi connectivity index (χ0) is 24.2. The van der Waals surface area contributed by atoms with E-state index in [9.17, 15) is 24.2 Å². The van der Waals surface area contributed by atoms with Gasteiger partial charge in [-0.05, 0) is 34.7 Å². The van der Waals surface area contributed by atoms with Crippen molar-refractivity contribution in [3.63, 3.8) is 0 Å². The number of fused-ring (bicyclic) bond motifs is 3. The van der Waals surface area contributed by atoms with E-state index in [0.29, 0.717) is 6.20 Å². The lowest BCUT2D eigenvalue weighted by molar-refractivity contribution is 0.0110. The Kier molecular flexibility index (Phi) is 6.85. The monoisotopic (exact) mass is 466 g/mol. The zero-order valence-electron chi connectivity index (χ0n) is 18.0. The number of carbonyl (C=O) groups is 2. The van der Waals surface area contributed by atoms with E-state index < -0.39 is 35.7 Å². The van der Waals surface area contributed by atoms with Gasteiger partial charge in [0.05, 0.1) is 23.6 Å². The van der Waals surface area contributed by atoms with Gasteiger partial charge in [0.1, 0.15) is 12.7 Å². The van der Waals surface area contributed by atoms with Crippen molar-refractivity contribution in [3.05, 3.63) is 89.0 Å². The molecule has 1 aliphatic rings. The van der Waals surface area contributed by atoms with E-state index in [1.165, 1.54) is 0 Å². The van der Waals surface area contributed by atoms with Gasteiger partial charge in [-0.2, -0.15) is 0 Å². The van der Waals surface area contributed by atoms with Crippen LogP contribution in [0.3, 0.4) is 0 Å². The average Bonchev–Trinajstić information content (AvgIpc) is 3.16. The number of nitrogens with one attached hydrogen (secondary N) is 1. The summed E-state index contributed by atoms with van der Waals surface area (Å²) in [4.78, 5) is 26.9. The van der Waals surface area contributed by atoms with Crippen molar-refractivity contribution in [2.24, 2.45) is 0 Å². The highest BCUT2D eigenvalue weighted by Crippen LogP contribution is 2.44. The first-order valence-corrected chi connectivity index (χ1v) is 10.7. The van der Waals surface area contributed by atoms with Gasteiger partial charge in [0.15, 0.2) is 5.82 Å². The van der Waals surface area contributed by atoms with Crippen LogP contribution < -0.4 is 5.32 Å². The number of carboxylic acid groups (broad SMARTS) is 1. The quantitative estimate of drug-likeness (QED) is 0.401. The molecule has 34 heavy (non-hydrogen) atoms. The number of ether oxygens (including phenoxy) is 1. The molecule has 176 valence electrons. The largest absolute Gasteiger partial charge is 0.478 e. The molecule has 2 aromatic carbocycles. The van der Waals surface area contributed by atoms with Crippen LogP contribution in [0.2, 0.25) is 0 Å². The summed E-state index contributed by atoms with van der Waals surface area (Å²) in [6, 6.07) is 16.8. The van der Waals surface area contributed by atoms with Crippen molar-refractivity contribution in [1.82, 2.24) is 10.3 Å². The summed E-state index contributed by atoms with van der Waals surface area (Å²) < 4.78 is 18.9. The van der Waals surface area contributed by atoms with Crippen LogP contribution >= 0.6 is 0 Å². The normalized spacial score (nSPS) is 14.1. The Labute approximate surface area is 194 Å². The molecule has 0 bridgehead atoms. The molecule has 2 unspecified atom stereocenters. The van der Waals surface area contributed by atoms with Crippen LogP contribution in [0.5, 0.6) is 0 Å². The fourth-order valence-electron chi connectivity index (χ4n) is 4.11. The minimum Gasteiger partial charge on any atom is -0.478 e. The zero-order valence-corrected chi connectivity index (χ0v) is 18.0. The maximum Gasteiger partial charge on any atom is 0.407 e. The van der Waals surface area contributed by atoms with Gasteiger partial charge in [0.2, 0.25) is 0 Å². The van der Waals surface area contributed by atoms with Gasteiger partial charge >= 0.3 is 12.1 Å². The number of benzene rings is 2. The van der Waals surface area contributed by atoms with E-state index in [1.54, 1.807) is 0 Å². The van der Waals surface area contributed by atoms with E-state index in [1.807, 2.05) is 48.5 Å². The van der Waals surface area contributed by atoms with E-state index in [0.717, 1.165) is 28.3 Å². The van der Waals surface area contributed by atoms with Gasteiger partial charge in [-0.25, -0.2) is 14.0 Å². The minimum absolute atomic E-state index is 0.0120. The summed E-state index contributed by atoms with van der Waals surface area (Å²) in [7, 11) is 0. The highest BCUT2D eigenvalue weighted by Gasteiger charge is 2.29. The lowest BCUT2D eigenvalue weighted by atomic mass is 9.98. The number of hydrogen-bond donors (Lipinski definition) is 4. The molecule has 0 spiro atoms. The third kappa shape index (κ3) is 4.75. The highest BCUT2D eigenvalue weighted by atomic mass is 19.1. The molecule has 4 rings (SSSR count). The van der Waals surface area contributed by atoms with Crippen LogP contribution in [0, 0.1) is 5.82 Å². The highest BCUT2D eigenvalue weighted by molar-refractivity contribution is 5.87. The molecule has 2 atom stereocenters. The number of halogens is 1. The van der Waals surface area contributed by atoms with Crippen LogP contribution in [-0.2, 0) is 4.74 Å². The maximum atomic E-state index is 13.5. The Hall–Kier alpha value is -3.82. The Morgan fingerprint density at radius 1 is 1.06 bits per heavy atom. The molecule has 4 N–H and O–H groups in total. The summed E-state index contributed by atoms with van der Waals surface area (Å²) in [5, 5.41) is 31.9. The lowest BCUT2D eigenvalue weighted by Gasteiger charge is -2.18. The van der Waals surface area contributed by atoms with E-state index in [2.05, 4.69) is 10.3 Å². The maximum absolute atomic E-state index is 13.5. The molecular formula is C25H23FN2O6. The molecule has 0 saturated heterocycles. The number of alkyl carbamates (subject to hydrolysis) is 1.